The largest absolute Gasteiger partial charge is 0.497 e. The lowest BCUT2D eigenvalue weighted by Crippen LogP contribution is -2.19. The second kappa shape index (κ2) is 7.49. The lowest BCUT2D eigenvalue weighted by molar-refractivity contribution is 0.395. The summed E-state index contributed by atoms with van der Waals surface area (Å²) < 4.78 is 25.1. The Morgan fingerprint density at radius 1 is 1.11 bits per heavy atom. The number of aryl methyl sites for hydroxylation is 1. The molecule has 0 saturated heterocycles. The Hall–Kier alpha value is -3.35. The molecule has 0 unspecified atom stereocenters. The van der Waals surface area contributed by atoms with Gasteiger partial charge >= 0.3 is 0 Å². The van der Waals surface area contributed by atoms with E-state index in [0.29, 0.717) is 39.8 Å². The molecule has 0 atom stereocenters. The van der Waals surface area contributed by atoms with E-state index in [1.807, 2.05) is 0 Å². The first-order valence-corrected chi connectivity index (χ1v) is 8.30. The quantitative estimate of drug-likeness (QED) is 0.696. The van der Waals surface area contributed by atoms with Crippen molar-refractivity contribution in [1.29, 1.82) is 0 Å². The van der Waals surface area contributed by atoms with Crippen molar-refractivity contribution in [3.05, 3.63) is 69.9 Å². The molecule has 6 nitrogen and oxygen atoms in total. The van der Waals surface area contributed by atoms with E-state index < -0.39 is 0 Å². The van der Waals surface area contributed by atoms with Gasteiger partial charge in [-0.1, -0.05) is 0 Å². The number of rotatable bonds is 5. The molecule has 3 aromatic rings. The number of ether oxygens (including phenoxy) is 2. The average molecular weight is 369 g/mol. The van der Waals surface area contributed by atoms with E-state index in [1.165, 1.54) is 28.9 Å². The van der Waals surface area contributed by atoms with Crippen LogP contribution >= 0.6 is 0 Å². The van der Waals surface area contributed by atoms with Crippen LogP contribution in [-0.2, 0) is 0 Å². The summed E-state index contributed by atoms with van der Waals surface area (Å²) in [6.07, 6.45) is 0. The van der Waals surface area contributed by atoms with Gasteiger partial charge in [-0.25, -0.2) is 14.1 Å². The van der Waals surface area contributed by atoms with Gasteiger partial charge < -0.3 is 9.47 Å². The van der Waals surface area contributed by atoms with Crippen molar-refractivity contribution in [2.45, 2.75) is 13.8 Å². The van der Waals surface area contributed by atoms with Crippen LogP contribution in [0, 0.1) is 12.7 Å². The Morgan fingerprint density at radius 3 is 2.44 bits per heavy atom. The summed E-state index contributed by atoms with van der Waals surface area (Å²) in [7, 11) is 3.12. The molecule has 1 aromatic heterocycles. The van der Waals surface area contributed by atoms with Crippen LogP contribution < -0.4 is 15.0 Å². The number of aromatic amines is 1. The summed E-state index contributed by atoms with van der Waals surface area (Å²) in [4.78, 5) is 17.4. The Bertz CT molecular complexity index is 1050. The van der Waals surface area contributed by atoms with Gasteiger partial charge in [0.05, 0.1) is 31.2 Å². The fourth-order valence-corrected chi connectivity index (χ4v) is 2.86. The normalized spacial score (nSPS) is 11.5. The molecular weight excluding hydrogens is 349 g/mol. The zero-order valence-corrected chi connectivity index (χ0v) is 15.5. The van der Waals surface area contributed by atoms with Crippen LogP contribution in [0.5, 0.6) is 11.5 Å². The highest BCUT2D eigenvalue weighted by Gasteiger charge is 2.16. The third-order valence-electron chi connectivity index (χ3n) is 4.19. The number of nitrogens with one attached hydrogen (secondary N) is 1. The molecule has 0 aliphatic carbocycles. The topological polar surface area (TPSA) is 68.6 Å². The third kappa shape index (κ3) is 3.62. The van der Waals surface area contributed by atoms with Crippen molar-refractivity contribution in [2.24, 2.45) is 4.99 Å². The van der Waals surface area contributed by atoms with Gasteiger partial charge in [0.15, 0.2) is 0 Å². The molecule has 27 heavy (non-hydrogen) atoms. The molecule has 1 heterocycles. The van der Waals surface area contributed by atoms with Gasteiger partial charge in [0, 0.05) is 11.8 Å². The van der Waals surface area contributed by atoms with Crippen LogP contribution in [0.4, 0.5) is 10.1 Å². The van der Waals surface area contributed by atoms with E-state index in [4.69, 9.17) is 9.47 Å². The second-order valence-corrected chi connectivity index (χ2v) is 5.96. The Labute approximate surface area is 155 Å². The van der Waals surface area contributed by atoms with Crippen molar-refractivity contribution in [3.8, 4) is 17.2 Å². The number of aliphatic imine (C=N–C) groups is 1. The summed E-state index contributed by atoms with van der Waals surface area (Å²) in [5.41, 5.74) is 2.54. The van der Waals surface area contributed by atoms with Crippen molar-refractivity contribution in [2.75, 3.05) is 14.2 Å². The molecule has 0 saturated carbocycles. The highest BCUT2D eigenvalue weighted by Crippen LogP contribution is 2.32. The average Bonchev–Trinajstić information content (AvgIpc) is 2.97. The molecule has 0 spiro atoms. The molecule has 2 aromatic carbocycles. The number of hydrogen-bond acceptors (Lipinski definition) is 4. The van der Waals surface area contributed by atoms with Crippen LogP contribution in [0.15, 0.2) is 52.3 Å². The van der Waals surface area contributed by atoms with Crippen molar-refractivity contribution in [3.63, 3.8) is 0 Å². The van der Waals surface area contributed by atoms with Crippen LogP contribution in [0.3, 0.4) is 0 Å². The minimum Gasteiger partial charge on any atom is -0.497 e. The lowest BCUT2D eigenvalue weighted by Gasteiger charge is -2.07. The van der Waals surface area contributed by atoms with Crippen LogP contribution in [0.2, 0.25) is 0 Å². The first-order chi connectivity index (χ1) is 12.9. The fourth-order valence-electron chi connectivity index (χ4n) is 2.86. The zero-order valence-electron chi connectivity index (χ0n) is 15.5. The van der Waals surface area contributed by atoms with Gasteiger partial charge in [0.25, 0.3) is 5.56 Å². The Kier molecular flexibility index (Phi) is 5.12. The molecule has 0 aliphatic heterocycles. The molecule has 0 radical (unpaired) electrons. The third-order valence-corrected chi connectivity index (χ3v) is 4.19. The van der Waals surface area contributed by atoms with Gasteiger partial charge in [-0.05, 0) is 50.2 Å². The molecule has 3 rings (SSSR count). The number of aromatic nitrogens is 2. The van der Waals surface area contributed by atoms with E-state index in [0.717, 1.165) is 0 Å². The van der Waals surface area contributed by atoms with E-state index >= 15 is 0 Å². The summed E-state index contributed by atoms with van der Waals surface area (Å²) in [6, 6.07) is 11.0. The van der Waals surface area contributed by atoms with E-state index in [1.54, 1.807) is 46.3 Å². The van der Waals surface area contributed by atoms with Gasteiger partial charge in [0.2, 0.25) is 0 Å². The van der Waals surface area contributed by atoms with Crippen molar-refractivity contribution < 1.29 is 13.9 Å². The van der Waals surface area contributed by atoms with Gasteiger partial charge in [-0.2, -0.15) is 0 Å². The molecular formula is C20H20FN3O3. The van der Waals surface area contributed by atoms with Crippen LogP contribution in [0.1, 0.15) is 18.2 Å². The maximum atomic E-state index is 13.1. The smallest absolute Gasteiger partial charge is 0.280 e. The SMILES string of the molecule is COc1ccc(N=C(C)c2c(C)[nH]n(-c3ccc(F)cc3)c2=O)c(OC)c1. The predicted molar refractivity (Wildman–Crippen MR) is 103 cm³/mol. The van der Waals surface area contributed by atoms with Crippen LogP contribution in [0.25, 0.3) is 5.69 Å². The molecule has 0 fully saturated rings. The van der Waals surface area contributed by atoms with Crippen molar-refractivity contribution in [1.82, 2.24) is 9.78 Å². The second-order valence-electron chi connectivity index (χ2n) is 5.96. The van der Waals surface area contributed by atoms with E-state index in [2.05, 4.69) is 10.1 Å². The summed E-state index contributed by atoms with van der Waals surface area (Å²) in [6.45, 7) is 3.55. The predicted octanol–water partition coefficient (Wildman–Crippen LogP) is 3.77. The Balaban J connectivity index is 2.05. The molecule has 7 heteroatoms. The summed E-state index contributed by atoms with van der Waals surface area (Å²) >= 11 is 0. The van der Waals surface area contributed by atoms with E-state index in [9.17, 15) is 9.18 Å². The molecule has 0 amide bonds. The number of nitrogens with zero attached hydrogens (tertiary/aromatic N) is 2. The fraction of sp³-hybridized carbons (Fsp3) is 0.200. The summed E-state index contributed by atoms with van der Waals surface area (Å²) in [5.74, 6) is 0.834. The maximum absolute atomic E-state index is 13.1. The highest BCUT2D eigenvalue weighted by atomic mass is 19.1. The number of H-pyrrole nitrogens is 1. The first kappa shape index (κ1) is 18.4. The van der Waals surface area contributed by atoms with Gasteiger partial charge in [-0.15, -0.1) is 0 Å². The number of hydrogen-bond donors (Lipinski definition) is 1. The minimum absolute atomic E-state index is 0.257. The monoisotopic (exact) mass is 369 g/mol. The number of methoxy groups -OCH3 is 2. The standard InChI is InChI=1S/C20H20FN3O3/c1-12(22-17-10-9-16(26-3)11-18(17)27-4)19-13(2)23-24(20(19)25)15-7-5-14(21)6-8-15/h5-11,23H,1-4H3. The summed E-state index contributed by atoms with van der Waals surface area (Å²) in [5, 5.41) is 3.01. The Morgan fingerprint density at radius 2 is 1.81 bits per heavy atom. The van der Waals surface area contributed by atoms with Crippen molar-refractivity contribution >= 4 is 11.4 Å². The molecule has 0 bridgehead atoms. The minimum atomic E-state index is -0.361. The number of benzene rings is 2. The molecule has 1 N–H and O–H groups in total. The van der Waals surface area contributed by atoms with Gasteiger partial charge in [-0.3, -0.25) is 9.89 Å². The molecule has 140 valence electrons. The first-order valence-electron chi connectivity index (χ1n) is 8.30. The zero-order chi connectivity index (χ0) is 19.6. The van der Waals surface area contributed by atoms with Crippen LogP contribution in [-0.4, -0.2) is 29.7 Å². The van der Waals surface area contributed by atoms with E-state index in [-0.39, 0.29) is 11.4 Å². The molecule has 0 aliphatic rings. The maximum Gasteiger partial charge on any atom is 0.280 e. The highest BCUT2D eigenvalue weighted by molar-refractivity contribution is 6.01. The number of halogens is 1. The lowest BCUT2D eigenvalue weighted by atomic mass is 10.1. The van der Waals surface area contributed by atoms with Gasteiger partial charge in [0.1, 0.15) is 23.0 Å².